The Bertz CT molecular complexity index is 391. The van der Waals surface area contributed by atoms with Gasteiger partial charge < -0.3 is 20.1 Å². The van der Waals surface area contributed by atoms with Crippen LogP contribution < -0.4 is 10.5 Å². The van der Waals surface area contributed by atoms with Crippen LogP contribution in [0.4, 0.5) is 5.69 Å². The van der Waals surface area contributed by atoms with Gasteiger partial charge in [-0.3, -0.25) is 0 Å². The molecule has 0 heterocycles. The second-order valence-corrected chi connectivity index (χ2v) is 3.90. The summed E-state index contributed by atoms with van der Waals surface area (Å²) in [6.45, 7) is 1.05. The monoisotopic (exact) mass is 238 g/mol. The first kappa shape index (κ1) is 13.3. The number of nitrogens with two attached hydrogens (primary N) is 1. The number of anilines is 1. The van der Waals surface area contributed by atoms with Crippen LogP contribution >= 0.6 is 0 Å². The van der Waals surface area contributed by atoms with Crippen LogP contribution in [-0.4, -0.2) is 45.2 Å². The van der Waals surface area contributed by atoms with Gasteiger partial charge in [0.2, 0.25) is 0 Å². The number of likely N-dealkylation sites (N-methyl/N-ethyl adjacent to an activating group) is 1. The Morgan fingerprint density at radius 1 is 1.41 bits per heavy atom. The predicted octanol–water partition coefficient (Wildman–Crippen LogP) is 0.996. The number of nitrogen functional groups attached to an aromatic ring is 1. The largest absolute Gasteiger partial charge is 0.495 e. The minimum Gasteiger partial charge on any atom is -0.495 e. The molecule has 5 nitrogen and oxygen atoms in total. The second-order valence-electron chi connectivity index (χ2n) is 3.90. The minimum absolute atomic E-state index is 0.359. The molecule has 0 aliphatic rings. The Morgan fingerprint density at radius 2 is 2.12 bits per heavy atom. The standard InChI is InChI=1S/C12H18N2O3/c1-14(2)6-7-17-12(15)9-4-5-11(16-3)10(13)8-9/h4-5,8H,6-7,13H2,1-3H3. The molecule has 0 unspecified atom stereocenters. The van der Waals surface area contributed by atoms with Gasteiger partial charge in [-0.15, -0.1) is 0 Å². The van der Waals surface area contributed by atoms with Crippen LogP contribution in [0.5, 0.6) is 5.75 Å². The number of carbonyl (C=O) groups is 1. The highest BCUT2D eigenvalue weighted by atomic mass is 16.5. The molecule has 2 N–H and O–H groups in total. The van der Waals surface area contributed by atoms with E-state index in [2.05, 4.69) is 0 Å². The number of hydrogen-bond donors (Lipinski definition) is 1. The van der Waals surface area contributed by atoms with Gasteiger partial charge in [0.05, 0.1) is 18.4 Å². The van der Waals surface area contributed by atoms with Gasteiger partial charge in [0.25, 0.3) is 0 Å². The first-order chi connectivity index (χ1) is 8.04. The molecule has 0 spiro atoms. The lowest BCUT2D eigenvalue weighted by molar-refractivity contribution is 0.0482. The van der Waals surface area contributed by atoms with E-state index in [9.17, 15) is 4.79 Å². The third-order valence-electron chi connectivity index (χ3n) is 2.24. The summed E-state index contributed by atoms with van der Waals surface area (Å²) >= 11 is 0. The summed E-state index contributed by atoms with van der Waals surface area (Å²) in [5, 5.41) is 0. The van der Waals surface area contributed by atoms with E-state index in [-0.39, 0.29) is 5.97 Å². The fraction of sp³-hybridized carbons (Fsp3) is 0.417. The average Bonchev–Trinajstić information content (AvgIpc) is 2.28. The molecule has 94 valence electrons. The Morgan fingerprint density at radius 3 is 2.65 bits per heavy atom. The van der Waals surface area contributed by atoms with Crippen molar-refractivity contribution in [3.8, 4) is 5.75 Å². The topological polar surface area (TPSA) is 64.8 Å². The zero-order valence-corrected chi connectivity index (χ0v) is 10.4. The second kappa shape index (κ2) is 6.10. The van der Waals surface area contributed by atoms with Crippen molar-refractivity contribution in [3.05, 3.63) is 23.8 Å². The molecule has 0 aliphatic heterocycles. The number of rotatable bonds is 5. The molecule has 0 saturated heterocycles. The van der Waals surface area contributed by atoms with Gasteiger partial charge in [-0.25, -0.2) is 4.79 Å². The van der Waals surface area contributed by atoms with Crippen molar-refractivity contribution in [2.75, 3.05) is 40.1 Å². The number of methoxy groups -OCH3 is 1. The minimum atomic E-state index is -0.374. The Kier molecular flexibility index (Phi) is 4.78. The normalized spacial score (nSPS) is 10.4. The van der Waals surface area contributed by atoms with Crippen molar-refractivity contribution < 1.29 is 14.3 Å². The van der Waals surface area contributed by atoms with Crippen LogP contribution in [0.25, 0.3) is 0 Å². The summed E-state index contributed by atoms with van der Waals surface area (Å²) in [5.74, 6) is 0.177. The zero-order valence-electron chi connectivity index (χ0n) is 10.4. The molecule has 0 aromatic heterocycles. The maximum absolute atomic E-state index is 11.6. The summed E-state index contributed by atoms with van der Waals surface area (Å²) in [6.07, 6.45) is 0. The van der Waals surface area contributed by atoms with E-state index in [4.69, 9.17) is 15.2 Å². The summed E-state index contributed by atoms with van der Waals surface area (Å²) < 4.78 is 10.1. The number of ether oxygens (including phenoxy) is 2. The van der Waals surface area contributed by atoms with Crippen molar-refractivity contribution in [2.24, 2.45) is 0 Å². The number of hydrogen-bond acceptors (Lipinski definition) is 5. The van der Waals surface area contributed by atoms with Crippen molar-refractivity contribution in [1.82, 2.24) is 4.90 Å². The van der Waals surface area contributed by atoms with Gasteiger partial charge in [-0.05, 0) is 32.3 Å². The van der Waals surface area contributed by atoms with Gasteiger partial charge in [-0.1, -0.05) is 0 Å². The van der Waals surface area contributed by atoms with E-state index in [1.807, 2.05) is 19.0 Å². The molecule has 0 bridgehead atoms. The van der Waals surface area contributed by atoms with E-state index in [0.29, 0.717) is 30.2 Å². The lowest BCUT2D eigenvalue weighted by atomic mass is 10.2. The first-order valence-corrected chi connectivity index (χ1v) is 5.30. The molecular formula is C12H18N2O3. The maximum Gasteiger partial charge on any atom is 0.338 e. The highest BCUT2D eigenvalue weighted by Crippen LogP contribution is 2.22. The molecule has 0 fully saturated rings. The van der Waals surface area contributed by atoms with E-state index in [0.717, 1.165) is 0 Å². The van der Waals surface area contributed by atoms with Gasteiger partial charge in [0, 0.05) is 6.54 Å². The molecule has 17 heavy (non-hydrogen) atoms. The fourth-order valence-electron chi connectivity index (χ4n) is 1.27. The van der Waals surface area contributed by atoms with Crippen LogP contribution in [0.3, 0.4) is 0 Å². The van der Waals surface area contributed by atoms with Crippen LogP contribution in [0.2, 0.25) is 0 Å². The van der Waals surface area contributed by atoms with E-state index in [1.54, 1.807) is 18.2 Å². The fourth-order valence-corrected chi connectivity index (χ4v) is 1.27. The van der Waals surface area contributed by atoms with E-state index in [1.165, 1.54) is 7.11 Å². The maximum atomic E-state index is 11.6. The van der Waals surface area contributed by atoms with Crippen LogP contribution in [0, 0.1) is 0 Å². The molecule has 5 heteroatoms. The molecule has 1 aromatic rings. The number of benzene rings is 1. The molecule has 0 amide bonds. The molecular weight excluding hydrogens is 220 g/mol. The van der Waals surface area contributed by atoms with Gasteiger partial charge in [-0.2, -0.15) is 0 Å². The average molecular weight is 238 g/mol. The Hall–Kier alpha value is -1.75. The highest BCUT2D eigenvalue weighted by Gasteiger charge is 2.09. The number of carbonyl (C=O) groups excluding carboxylic acids is 1. The zero-order chi connectivity index (χ0) is 12.8. The molecule has 1 aromatic carbocycles. The summed E-state index contributed by atoms with van der Waals surface area (Å²) in [7, 11) is 5.36. The number of nitrogens with zero attached hydrogens (tertiary/aromatic N) is 1. The third-order valence-corrected chi connectivity index (χ3v) is 2.24. The smallest absolute Gasteiger partial charge is 0.338 e. The molecule has 0 radical (unpaired) electrons. The van der Waals surface area contributed by atoms with Crippen molar-refractivity contribution in [3.63, 3.8) is 0 Å². The van der Waals surface area contributed by atoms with Gasteiger partial charge in [0.1, 0.15) is 12.4 Å². The third kappa shape index (κ3) is 3.96. The van der Waals surface area contributed by atoms with E-state index < -0.39 is 0 Å². The summed E-state index contributed by atoms with van der Waals surface area (Å²) in [6, 6.07) is 4.84. The summed E-state index contributed by atoms with van der Waals surface area (Å²) in [5.41, 5.74) is 6.56. The Labute approximate surface area is 101 Å². The Balaban J connectivity index is 2.60. The molecule has 1 rings (SSSR count). The first-order valence-electron chi connectivity index (χ1n) is 5.30. The van der Waals surface area contributed by atoms with E-state index >= 15 is 0 Å². The van der Waals surface area contributed by atoms with Crippen molar-refractivity contribution in [2.45, 2.75) is 0 Å². The predicted molar refractivity (Wildman–Crippen MR) is 66.2 cm³/mol. The number of esters is 1. The van der Waals surface area contributed by atoms with Crippen LogP contribution in [0.15, 0.2) is 18.2 Å². The van der Waals surface area contributed by atoms with Crippen molar-refractivity contribution >= 4 is 11.7 Å². The molecule has 0 saturated carbocycles. The molecule has 0 atom stereocenters. The van der Waals surface area contributed by atoms with Crippen molar-refractivity contribution in [1.29, 1.82) is 0 Å². The quantitative estimate of drug-likeness (QED) is 0.612. The lowest BCUT2D eigenvalue weighted by Gasteiger charge is -2.10. The summed E-state index contributed by atoms with van der Waals surface area (Å²) in [4.78, 5) is 13.6. The highest BCUT2D eigenvalue weighted by molar-refractivity contribution is 5.91. The van der Waals surface area contributed by atoms with Crippen LogP contribution in [0.1, 0.15) is 10.4 Å². The van der Waals surface area contributed by atoms with Gasteiger partial charge >= 0.3 is 5.97 Å². The SMILES string of the molecule is COc1ccc(C(=O)OCCN(C)C)cc1N. The van der Waals surface area contributed by atoms with Gasteiger partial charge in [0.15, 0.2) is 0 Å². The lowest BCUT2D eigenvalue weighted by Crippen LogP contribution is -2.20. The van der Waals surface area contributed by atoms with Crippen LogP contribution in [-0.2, 0) is 4.74 Å². The molecule has 0 aliphatic carbocycles.